The number of hydrogen-bond acceptors (Lipinski definition) is 6. The summed E-state index contributed by atoms with van der Waals surface area (Å²) < 4.78 is 43.8. The van der Waals surface area contributed by atoms with Gasteiger partial charge in [0.25, 0.3) is 6.47 Å². The number of carbonyl (C=O) groups is 1. The molecule has 7 nitrogen and oxygen atoms in total. The van der Waals surface area contributed by atoms with Crippen LogP contribution in [0.25, 0.3) is 21.3 Å². The van der Waals surface area contributed by atoms with Crippen molar-refractivity contribution < 1.29 is 27.8 Å². The molecule has 0 atom stereocenters. The van der Waals surface area contributed by atoms with Crippen LogP contribution in [0.2, 0.25) is 0 Å². The zero-order chi connectivity index (χ0) is 21.9. The Kier molecular flexibility index (Phi) is 6.11. The number of aromatic nitrogens is 3. The van der Waals surface area contributed by atoms with E-state index in [0.717, 1.165) is 11.0 Å². The summed E-state index contributed by atoms with van der Waals surface area (Å²) in [5.41, 5.74) is 2.44. The highest BCUT2D eigenvalue weighted by atomic mass is 32.1. The van der Waals surface area contributed by atoms with Crippen LogP contribution >= 0.6 is 11.3 Å². The van der Waals surface area contributed by atoms with Gasteiger partial charge >= 0.3 is 6.36 Å². The quantitative estimate of drug-likeness (QED) is 0.405. The Balaban J connectivity index is 0.000000806. The fourth-order valence-corrected chi connectivity index (χ4v) is 3.79. The minimum absolute atomic E-state index is 0.168. The minimum Gasteiger partial charge on any atom is -0.483 e. The van der Waals surface area contributed by atoms with Crippen molar-refractivity contribution in [3.63, 3.8) is 0 Å². The van der Waals surface area contributed by atoms with E-state index in [1.54, 1.807) is 0 Å². The molecule has 2 aromatic heterocycles. The van der Waals surface area contributed by atoms with Crippen molar-refractivity contribution in [2.75, 3.05) is 5.32 Å². The third kappa shape index (κ3) is 4.79. The van der Waals surface area contributed by atoms with E-state index in [1.165, 1.54) is 29.5 Å². The largest absolute Gasteiger partial charge is 0.573 e. The lowest BCUT2D eigenvalue weighted by atomic mass is 10.3. The number of para-hydroxylation sites is 2. The van der Waals surface area contributed by atoms with Crippen LogP contribution < -0.4 is 10.1 Å². The van der Waals surface area contributed by atoms with E-state index >= 15 is 0 Å². The maximum absolute atomic E-state index is 12.4. The zero-order valence-electron chi connectivity index (χ0n) is 15.8. The molecule has 4 aromatic rings. The van der Waals surface area contributed by atoms with E-state index in [1.807, 2.05) is 24.3 Å². The Morgan fingerprint density at radius 3 is 2.53 bits per heavy atom. The number of imidazole rings is 1. The SMILES string of the molecule is CC(C)n1c(Nc2nc3ccc(OC(F)(F)F)cc3s2)nc2ccccc21.O=CO. The number of halogens is 3. The summed E-state index contributed by atoms with van der Waals surface area (Å²) in [6.45, 7) is 3.86. The number of ether oxygens (including phenoxy) is 1. The Labute approximate surface area is 172 Å². The van der Waals surface area contributed by atoms with Gasteiger partial charge < -0.3 is 19.7 Å². The summed E-state index contributed by atoms with van der Waals surface area (Å²) in [6, 6.07) is 12.0. The van der Waals surface area contributed by atoms with Crippen LogP contribution in [0.15, 0.2) is 42.5 Å². The molecule has 30 heavy (non-hydrogen) atoms. The summed E-state index contributed by atoms with van der Waals surface area (Å²) in [7, 11) is 0. The van der Waals surface area contributed by atoms with Gasteiger partial charge in [-0.1, -0.05) is 23.5 Å². The molecule has 2 heterocycles. The van der Waals surface area contributed by atoms with Crippen molar-refractivity contribution in [2.24, 2.45) is 0 Å². The smallest absolute Gasteiger partial charge is 0.483 e. The molecule has 0 bridgehead atoms. The molecular formula is C19H17F3N4O3S. The molecule has 2 N–H and O–H groups in total. The molecule has 0 fully saturated rings. The van der Waals surface area contributed by atoms with Gasteiger partial charge in [0, 0.05) is 12.1 Å². The molecule has 0 spiro atoms. The van der Waals surface area contributed by atoms with Crippen molar-refractivity contribution in [1.29, 1.82) is 0 Å². The second-order valence-corrected chi connectivity index (χ2v) is 7.35. The van der Waals surface area contributed by atoms with E-state index in [4.69, 9.17) is 9.90 Å². The summed E-state index contributed by atoms with van der Waals surface area (Å²) in [5, 5.41) is 10.6. The standard InChI is InChI=1S/C18H15F3N4OS.CH2O2/c1-10(2)25-14-6-4-3-5-12(14)22-16(25)24-17-23-13-8-7-11(9-15(13)27-17)26-18(19,20)21;2-1-3/h3-10H,1-2H3,(H,22,23,24);1H,(H,2,3). The second kappa shape index (κ2) is 8.57. The van der Waals surface area contributed by atoms with Crippen LogP contribution in [0.5, 0.6) is 5.75 Å². The van der Waals surface area contributed by atoms with E-state index in [0.29, 0.717) is 21.3 Å². The number of anilines is 2. The number of alkyl halides is 3. The van der Waals surface area contributed by atoms with Gasteiger partial charge in [0.1, 0.15) is 5.75 Å². The van der Waals surface area contributed by atoms with Crippen LogP contribution in [0.1, 0.15) is 19.9 Å². The maximum Gasteiger partial charge on any atom is 0.573 e. The molecule has 4 rings (SSSR count). The Bertz CT molecular complexity index is 1170. The molecule has 0 aliphatic carbocycles. The fraction of sp³-hybridized carbons (Fsp3) is 0.211. The van der Waals surface area contributed by atoms with Crippen LogP contribution in [-0.4, -0.2) is 32.5 Å². The number of benzene rings is 2. The molecule has 0 aliphatic rings. The van der Waals surface area contributed by atoms with Gasteiger partial charge in [0.2, 0.25) is 5.95 Å². The van der Waals surface area contributed by atoms with Gasteiger partial charge in [0.05, 0.1) is 21.3 Å². The highest BCUT2D eigenvalue weighted by Crippen LogP contribution is 2.34. The average Bonchev–Trinajstić information content (AvgIpc) is 3.20. The normalized spacial score (nSPS) is 11.4. The molecule has 158 valence electrons. The minimum atomic E-state index is -4.72. The predicted molar refractivity (Wildman–Crippen MR) is 108 cm³/mol. The van der Waals surface area contributed by atoms with Crippen LogP contribution in [0.4, 0.5) is 24.3 Å². The zero-order valence-corrected chi connectivity index (χ0v) is 16.7. The Hall–Kier alpha value is -3.34. The van der Waals surface area contributed by atoms with E-state index in [2.05, 4.69) is 38.4 Å². The molecule has 0 saturated heterocycles. The van der Waals surface area contributed by atoms with Crippen molar-refractivity contribution in [3.05, 3.63) is 42.5 Å². The molecule has 0 unspecified atom stereocenters. The second-order valence-electron chi connectivity index (χ2n) is 6.31. The number of fused-ring (bicyclic) bond motifs is 2. The van der Waals surface area contributed by atoms with Gasteiger partial charge in [-0.15, -0.1) is 13.2 Å². The molecular weight excluding hydrogens is 421 g/mol. The summed E-state index contributed by atoms with van der Waals surface area (Å²) in [6.07, 6.45) is -4.72. The van der Waals surface area contributed by atoms with Gasteiger partial charge in [-0.3, -0.25) is 4.79 Å². The lowest BCUT2D eigenvalue weighted by Crippen LogP contribution is -2.16. The van der Waals surface area contributed by atoms with Gasteiger partial charge in [-0.2, -0.15) is 0 Å². The molecule has 0 saturated carbocycles. The molecule has 0 aliphatic heterocycles. The number of thiazole rings is 1. The summed E-state index contributed by atoms with van der Waals surface area (Å²) in [5.74, 6) is 0.372. The molecule has 11 heteroatoms. The van der Waals surface area contributed by atoms with Crippen molar-refractivity contribution in [1.82, 2.24) is 14.5 Å². The number of hydrogen-bond donors (Lipinski definition) is 2. The van der Waals surface area contributed by atoms with E-state index < -0.39 is 6.36 Å². The van der Waals surface area contributed by atoms with Crippen molar-refractivity contribution >= 4 is 50.1 Å². The molecule has 0 radical (unpaired) electrons. The van der Waals surface area contributed by atoms with Gasteiger partial charge in [-0.05, 0) is 38.1 Å². The average molecular weight is 438 g/mol. The summed E-state index contributed by atoms with van der Waals surface area (Å²) in [4.78, 5) is 17.4. The first-order chi connectivity index (χ1) is 14.2. The first-order valence-electron chi connectivity index (χ1n) is 8.70. The van der Waals surface area contributed by atoms with Gasteiger partial charge in [0.15, 0.2) is 5.13 Å². The lowest BCUT2D eigenvalue weighted by Gasteiger charge is -2.12. The Morgan fingerprint density at radius 1 is 1.17 bits per heavy atom. The monoisotopic (exact) mass is 438 g/mol. The first kappa shape index (κ1) is 21.4. The van der Waals surface area contributed by atoms with Crippen molar-refractivity contribution in [3.8, 4) is 5.75 Å². The van der Waals surface area contributed by atoms with Crippen molar-refractivity contribution in [2.45, 2.75) is 26.3 Å². The number of nitrogens with one attached hydrogen (secondary N) is 1. The predicted octanol–water partition coefficient (Wildman–Crippen LogP) is 5.57. The van der Waals surface area contributed by atoms with Crippen LogP contribution in [-0.2, 0) is 4.79 Å². The maximum atomic E-state index is 12.4. The summed E-state index contributed by atoms with van der Waals surface area (Å²) >= 11 is 1.24. The lowest BCUT2D eigenvalue weighted by molar-refractivity contribution is -0.274. The highest BCUT2D eigenvalue weighted by molar-refractivity contribution is 7.22. The molecule has 2 aromatic carbocycles. The Morgan fingerprint density at radius 2 is 1.87 bits per heavy atom. The number of nitrogens with zero attached hydrogens (tertiary/aromatic N) is 3. The molecule has 0 amide bonds. The first-order valence-corrected chi connectivity index (χ1v) is 9.51. The van der Waals surface area contributed by atoms with Crippen LogP contribution in [0, 0.1) is 0 Å². The highest BCUT2D eigenvalue weighted by Gasteiger charge is 2.31. The van der Waals surface area contributed by atoms with E-state index in [-0.39, 0.29) is 18.3 Å². The fourth-order valence-electron chi connectivity index (χ4n) is 2.91. The van der Waals surface area contributed by atoms with E-state index in [9.17, 15) is 13.2 Å². The third-order valence-corrected chi connectivity index (χ3v) is 4.86. The number of rotatable bonds is 4. The topological polar surface area (TPSA) is 89.3 Å². The van der Waals surface area contributed by atoms with Gasteiger partial charge in [-0.25, -0.2) is 9.97 Å². The van der Waals surface area contributed by atoms with Crippen LogP contribution in [0.3, 0.4) is 0 Å². The number of carboxylic acid groups (broad SMARTS) is 1. The third-order valence-electron chi connectivity index (χ3n) is 3.92.